The Hall–Kier alpha value is -3.33. The summed E-state index contributed by atoms with van der Waals surface area (Å²) in [5.41, 5.74) is 1.85. The van der Waals surface area contributed by atoms with Crippen LogP contribution in [0.1, 0.15) is 40.7 Å². The molecule has 0 atom stereocenters. The molecule has 0 bridgehead atoms. The zero-order chi connectivity index (χ0) is 19.5. The molecule has 140 valence electrons. The molecular formula is C21H22N2O4. The number of nitrogens with one attached hydrogen (secondary N) is 1. The number of nitrogens with zero attached hydrogens (tertiary/aromatic N) is 1. The van der Waals surface area contributed by atoms with Crippen molar-refractivity contribution in [2.45, 2.75) is 25.9 Å². The third kappa shape index (κ3) is 6.48. The van der Waals surface area contributed by atoms with E-state index in [1.165, 1.54) is 7.11 Å². The van der Waals surface area contributed by atoms with E-state index in [4.69, 9.17) is 10.00 Å². The minimum absolute atomic E-state index is 0.198. The number of esters is 1. The number of amides is 1. The molecule has 6 heteroatoms. The first-order chi connectivity index (χ1) is 13.1. The Labute approximate surface area is 158 Å². The van der Waals surface area contributed by atoms with Crippen LogP contribution in [0.3, 0.4) is 0 Å². The van der Waals surface area contributed by atoms with E-state index in [9.17, 15) is 9.59 Å². The summed E-state index contributed by atoms with van der Waals surface area (Å²) in [5, 5.41) is 11.9. The van der Waals surface area contributed by atoms with Crippen molar-refractivity contribution in [3.63, 3.8) is 0 Å². The highest BCUT2D eigenvalue weighted by molar-refractivity contribution is 5.94. The average molecular weight is 366 g/mol. The highest BCUT2D eigenvalue weighted by Gasteiger charge is 2.08. The minimum atomic E-state index is -0.246. The molecule has 2 aromatic rings. The maximum atomic E-state index is 12.2. The van der Waals surface area contributed by atoms with Crippen LogP contribution in [0, 0.1) is 11.3 Å². The molecule has 0 unspecified atom stereocenters. The summed E-state index contributed by atoms with van der Waals surface area (Å²) in [7, 11) is 1.36. The number of carbonyl (C=O) groups excluding carboxylic acids is 2. The minimum Gasteiger partial charge on any atom is -0.489 e. The molecule has 0 heterocycles. The Morgan fingerprint density at radius 3 is 2.70 bits per heavy atom. The van der Waals surface area contributed by atoms with E-state index in [-0.39, 0.29) is 18.5 Å². The predicted octanol–water partition coefficient (Wildman–Crippen LogP) is 3.21. The number of ether oxygens (including phenoxy) is 2. The van der Waals surface area contributed by atoms with Crippen LogP contribution in [0.4, 0.5) is 0 Å². The quantitative estimate of drug-likeness (QED) is 0.544. The lowest BCUT2D eigenvalue weighted by molar-refractivity contribution is -0.140. The SMILES string of the molecule is COC(=O)CCCCNC(=O)c1cccc(OCc2ccccc2C#N)c1. The molecule has 0 aliphatic carbocycles. The second-order valence-corrected chi connectivity index (χ2v) is 5.87. The Balaban J connectivity index is 1.84. The van der Waals surface area contributed by atoms with Crippen LogP contribution in [0.5, 0.6) is 5.75 Å². The molecule has 1 amide bonds. The van der Waals surface area contributed by atoms with Gasteiger partial charge in [-0.2, -0.15) is 5.26 Å². The first kappa shape index (κ1) is 20.0. The van der Waals surface area contributed by atoms with Gasteiger partial charge in [-0.15, -0.1) is 0 Å². The standard InChI is InChI=1S/C21H22N2O4/c1-26-20(24)11-4-5-12-23-21(25)16-9-6-10-19(13-16)27-15-18-8-3-2-7-17(18)14-22/h2-3,6-10,13H,4-5,11-12,15H2,1H3,(H,23,25). The summed E-state index contributed by atoms with van der Waals surface area (Å²) >= 11 is 0. The predicted molar refractivity (Wildman–Crippen MR) is 100 cm³/mol. The van der Waals surface area contributed by atoms with Crippen LogP contribution in [0.25, 0.3) is 0 Å². The van der Waals surface area contributed by atoms with Crippen LogP contribution < -0.4 is 10.1 Å². The summed E-state index contributed by atoms with van der Waals surface area (Å²) in [6, 6.07) is 16.3. The van der Waals surface area contributed by atoms with Gasteiger partial charge in [-0.1, -0.05) is 24.3 Å². The van der Waals surface area contributed by atoms with Crippen LogP contribution >= 0.6 is 0 Å². The van der Waals surface area contributed by atoms with Crippen molar-refractivity contribution in [3.8, 4) is 11.8 Å². The zero-order valence-corrected chi connectivity index (χ0v) is 15.2. The van der Waals surface area contributed by atoms with Gasteiger partial charge in [0.15, 0.2) is 0 Å². The van der Waals surface area contributed by atoms with E-state index >= 15 is 0 Å². The Morgan fingerprint density at radius 2 is 1.93 bits per heavy atom. The molecule has 0 aromatic heterocycles. The topological polar surface area (TPSA) is 88.4 Å². The van der Waals surface area contributed by atoms with E-state index in [0.717, 1.165) is 5.56 Å². The summed E-state index contributed by atoms with van der Waals surface area (Å²) in [6.45, 7) is 0.735. The monoisotopic (exact) mass is 366 g/mol. The highest BCUT2D eigenvalue weighted by atomic mass is 16.5. The van der Waals surface area contributed by atoms with Crippen LogP contribution in [-0.4, -0.2) is 25.5 Å². The van der Waals surface area contributed by atoms with Gasteiger partial charge >= 0.3 is 5.97 Å². The zero-order valence-electron chi connectivity index (χ0n) is 15.2. The van der Waals surface area contributed by atoms with Crippen molar-refractivity contribution in [1.82, 2.24) is 5.32 Å². The maximum Gasteiger partial charge on any atom is 0.305 e. The molecule has 6 nitrogen and oxygen atoms in total. The fraction of sp³-hybridized carbons (Fsp3) is 0.286. The van der Waals surface area contributed by atoms with Crippen molar-refractivity contribution in [2.24, 2.45) is 0 Å². The number of hydrogen-bond acceptors (Lipinski definition) is 5. The number of carbonyl (C=O) groups is 2. The third-order valence-corrected chi connectivity index (χ3v) is 3.95. The highest BCUT2D eigenvalue weighted by Crippen LogP contribution is 2.16. The van der Waals surface area contributed by atoms with Gasteiger partial charge in [0, 0.05) is 24.1 Å². The number of methoxy groups -OCH3 is 1. The van der Waals surface area contributed by atoms with E-state index < -0.39 is 0 Å². The van der Waals surface area contributed by atoms with Crippen molar-refractivity contribution in [2.75, 3.05) is 13.7 Å². The molecule has 0 fully saturated rings. The van der Waals surface area contributed by atoms with Gasteiger partial charge in [-0.3, -0.25) is 9.59 Å². The van der Waals surface area contributed by atoms with Gasteiger partial charge in [-0.05, 0) is 37.1 Å². The van der Waals surface area contributed by atoms with Crippen molar-refractivity contribution < 1.29 is 19.1 Å². The molecule has 1 N–H and O–H groups in total. The fourth-order valence-corrected chi connectivity index (χ4v) is 2.44. The van der Waals surface area contributed by atoms with E-state index in [1.54, 1.807) is 36.4 Å². The van der Waals surface area contributed by atoms with Crippen molar-refractivity contribution >= 4 is 11.9 Å². The lowest BCUT2D eigenvalue weighted by Crippen LogP contribution is -2.24. The van der Waals surface area contributed by atoms with Crippen molar-refractivity contribution in [3.05, 3.63) is 65.2 Å². The van der Waals surface area contributed by atoms with Crippen molar-refractivity contribution in [1.29, 1.82) is 5.26 Å². The molecule has 0 spiro atoms. The second-order valence-electron chi connectivity index (χ2n) is 5.87. The van der Waals surface area contributed by atoms with E-state index in [0.29, 0.717) is 42.7 Å². The Morgan fingerprint density at radius 1 is 1.11 bits per heavy atom. The number of rotatable bonds is 9. The summed E-state index contributed by atoms with van der Waals surface area (Å²) in [4.78, 5) is 23.3. The molecule has 27 heavy (non-hydrogen) atoms. The van der Waals surface area contributed by atoms with Gasteiger partial charge in [0.25, 0.3) is 5.91 Å². The van der Waals surface area contributed by atoms with Gasteiger partial charge in [0.2, 0.25) is 0 Å². The van der Waals surface area contributed by atoms with Crippen LogP contribution in [0.15, 0.2) is 48.5 Å². The van der Waals surface area contributed by atoms with Crippen LogP contribution in [-0.2, 0) is 16.1 Å². The van der Waals surface area contributed by atoms with E-state index in [2.05, 4.69) is 16.1 Å². The molecule has 0 saturated heterocycles. The maximum absolute atomic E-state index is 12.2. The Kier molecular flexibility index (Phi) is 7.86. The number of unbranched alkanes of at least 4 members (excludes halogenated alkanes) is 1. The average Bonchev–Trinajstić information content (AvgIpc) is 2.72. The smallest absolute Gasteiger partial charge is 0.305 e. The summed E-state index contributed by atoms with van der Waals surface area (Å²) < 4.78 is 10.3. The fourth-order valence-electron chi connectivity index (χ4n) is 2.44. The lowest BCUT2D eigenvalue weighted by atomic mass is 10.1. The first-order valence-electron chi connectivity index (χ1n) is 8.70. The van der Waals surface area contributed by atoms with Gasteiger partial charge in [-0.25, -0.2) is 0 Å². The number of benzene rings is 2. The third-order valence-electron chi connectivity index (χ3n) is 3.95. The summed E-state index contributed by atoms with van der Waals surface area (Å²) in [6.07, 6.45) is 1.70. The lowest BCUT2D eigenvalue weighted by Gasteiger charge is -2.09. The first-order valence-corrected chi connectivity index (χ1v) is 8.70. The summed E-state index contributed by atoms with van der Waals surface area (Å²) in [5.74, 6) is 0.112. The van der Waals surface area contributed by atoms with Crippen LogP contribution in [0.2, 0.25) is 0 Å². The molecule has 0 aliphatic rings. The molecular weight excluding hydrogens is 344 g/mol. The largest absolute Gasteiger partial charge is 0.489 e. The van der Waals surface area contributed by atoms with Gasteiger partial charge in [0.05, 0.1) is 18.7 Å². The molecule has 0 saturated carbocycles. The normalized spacial score (nSPS) is 9.93. The Bertz CT molecular complexity index is 827. The number of nitriles is 1. The number of hydrogen-bond donors (Lipinski definition) is 1. The second kappa shape index (κ2) is 10.6. The molecule has 0 aliphatic heterocycles. The van der Waals surface area contributed by atoms with Gasteiger partial charge < -0.3 is 14.8 Å². The molecule has 0 radical (unpaired) electrons. The van der Waals surface area contributed by atoms with Gasteiger partial charge in [0.1, 0.15) is 12.4 Å². The molecule has 2 aromatic carbocycles. The van der Waals surface area contributed by atoms with E-state index in [1.807, 2.05) is 12.1 Å². The molecule has 2 rings (SSSR count).